The van der Waals surface area contributed by atoms with Gasteiger partial charge in [-0.1, -0.05) is 12.8 Å². The first-order valence-corrected chi connectivity index (χ1v) is 7.55. The minimum Gasteiger partial charge on any atom is -0.346 e. The highest BCUT2D eigenvalue weighted by Crippen LogP contribution is 2.37. The molecule has 1 aliphatic carbocycles. The van der Waals surface area contributed by atoms with E-state index in [4.69, 9.17) is 0 Å². The summed E-state index contributed by atoms with van der Waals surface area (Å²) in [5, 5.41) is 6.34. The number of nitrogens with zero attached hydrogens (tertiary/aromatic N) is 2. The number of Topliss-reactive ketones (excluding diaryl/α,β-unsaturated/α-hetero) is 1. The Morgan fingerprint density at radius 1 is 1.22 bits per heavy atom. The molecule has 5 nitrogen and oxygen atoms in total. The summed E-state index contributed by atoms with van der Waals surface area (Å²) >= 11 is 0. The van der Waals surface area contributed by atoms with Crippen molar-refractivity contribution in [1.82, 2.24) is 15.1 Å². The predicted molar refractivity (Wildman–Crippen MR) is 77.0 cm³/mol. The molecule has 1 aromatic rings. The fourth-order valence-corrected chi connectivity index (χ4v) is 3.15. The third-order valence-corrected chi connectivity index (χ3v) is 4.45. The smallest absolute Gasteiger partial charge is 0.346 e. The molecule has 1 aromatic heterocycles. The van der Waals surface area contributed by atoms with Gasteiger partial charge >= 0.3 is 6.18 Å². The van der Waals surface area contributed by atoms with Crippen molar-refractivity contribution in [3.05, 3.63) is 17.0 Å². The lowest BCUT2D eigenvalue weighted by Crippen LogP contribution is -2.49. The molecule has 1 aliphatic rings. The summed E-state index contributed by atoms with van der Waals surface area (Å²) < 4.78 is 40.6. The highest BCUT2D eigenvalue weighted by Gasteiger charge is 2.46. The molecule has 1 fully saturated rings. The van der Waals surface area contributed by atoms with Crippen LogP contribution in [0.4, 0.5) is 13.2 Å². The summed E-state index contributed by atoms with van der Waals surface area (Å²) in [5.41, 5.74) is 1.06. The van der Waals surface area contributed by atoms with E-state index in [2.05, 4.69) is 10.4 Å². The lowest BCUT2D eigenvalue weighted by molar-refractivity contribution is -0.189. The van der Waals surface area contributed by atoms with Crippen molar-refractivity contribution in [3.8, 4) is 0 Å². The number of aryl methyl sites for hydroxylation is 2. The molecule has 128 valence electrons. The maximum atomic E-state index is 13.0. The molecular weight excluding hydrogens is 311 g/mol. The Morgan fingerprint density at radius 2 is 1.83 bits per heavy atom. The summed E-state index contributed by atoms with van der Waals surface area (Å²) in [6.07, 6.45) is -3.08. The van der Waals surface area contributed by atoms with E-state index in [1.165, 1.54) is 4.68 Å². The first-order chi connectivity index (χ1) is 10.6. The number of carbonyl (C=O) groups excluding carboxylic acids is 2. The fraction of sp³-hybridized carbons (Fsp3) is 0.667. The van der Waals surface area contributed by atoms with Crippen LogP contribution in [0.2, 0.25) is 0 Å². The summed E-state index contributed by atoms with van der Waals surface area (Å²) in [5.74, 6) is -3.42. The highest BCUT2D eigenvalue weighted by atomic mass is 19.4. The zero-order chi connectivity index (χ0) is 17.4. The average Bonchev–Trinajstić information content (AvgIpc) is 2.71. The Kier molecular flexibility index (Phi) is 4.81. The van der Waals surface area contributed by atoms with Crippen LogP contribution in [0, 0.1) is 19.8 Å². The molecule has 0 saturated heterocycles. The van der Waals surface area contributed by atoms with Gasteiger partial charge in [-0.15, -0.1) is 0 Å². The molecule has 2 unspecified atom stereocenters. The summed E-state index contributed by atoms with van der Waals surface area (Å²) in [6, 6.07) is -1.04. The second-order valence-electron chi connectivity index (χ2n) is 6.01. The largest absolute Gasteiger partial charge is 0.393 e. The van der Waals surface area contributed by atoms with Crippen molar-refractivity contribution in [3.63, 3.8) is 0 Å². The van der Waals surface area contributed by atoms with E-state index < -0.39 is 29.8 Å². The van der Waals surface area contributed by atoms with Gasteiger partial charge in [0.15, 0.2) is 0 Å². The van der Waals surface area contributed by atoms with Gasteiger partial charge < -0.3 is 5.32 Å². The number of halogens is 3. The lowest BCUT2D eigenvalue weighted by atomic mass is 9.84. The number of nitrogens with one attached hydrogen (secondary N) is 1. The first kappa shape index (κ1) is 17.5. The van der Waals surface area contributed by atoms with Crippen LogP contribution in [0.15, 0.2) is 0 Å². The Hall–Kier alpha value is -1.86. The number of hydrogen-bond acceptors (Lipinski definition) is 3. The number of aromatic nitrogens is 2. The van der Waals surface area contributed by atoms with Crippen molar-refractivity contribution in [2.45, 2.75) is 51.7 Å². The molecule has 1 heterocycles. The normalized spacial score (nSPS) is 22.0. The van der Waals surface area contributed by atoms with Gasteiger partial charge in [0.1, 0.15) is 0 Å². The topological polar surface area (TPSA) is 64.0 Å². The molecule has 0 aliphatic heterocycles. The van der Waals surface area contributed by atoms with Crippen LogP contribution in [0.25, 0.3) is 0 Å². The van der Waals surface area contributed by atoms with Crippen molar-refractivity contribution in [2.75, 3.05) is 0 Å². The molecule has 1 amide bonds. The quantitative estimate of drug-likeness (QED) is 0.683. The molecule has 0 aromatic carbocycles. The van der Waals surface area contributed by atoms with Gasteiger partial charge in [0.25, 0.3) is 11.7 Å². The number of ketones is 1. The van der Waals surface area contributed by atoms with Crippen molar-refractivity contribution < 1.29 is 22.8 Å². The standard InChI is InChI=1S/C15H20F3N3O2/c1-8-12(9(2)21(3)20-8)13(22)14(23)19-11-7-5-4-6-10(11)15(16,17)18/h10-11H,4-7H2,1-3H3,(H,19,23). The first-order valence-electron chi connectivity index (χ1n) is 7.55. The van der Waals surface area contributed by atoms with E-state index in [1.807, 2.05) is 0 Å². The van der Waals surface area contributed by atoms with E-state index in [9.17, 15) is 22.8 Å². The molecule has 0 bridgehead atoms. The van der Waals surface area contributed by atoms with Crippen LogP contribution in [-0.4, -0.2) is 33.7 Å². The van der Waals surface area contributed by atoms with Crippen molar-refractivity contribution >= 4 is 11.7 Å². The lowest BCUT2D eigenvalue weighted by Gasteiger charge is -2.33. The SMILES string of the molecule is Cc1nn(C)c(C)c1C(=O)C(=O)NC1CCCCC1C(F)(F)F. The van der Waals surface area contributed by atoms with Gasteiger partial charge in [-0.05, 0) is 26.7 Å². The zero-order valence-corrected chi connectivity index (χ0v) is 13.3. The van der Waals surface area contributed by atoms with Crippen molar-refractivity contribution in [1.29, 1.82) is 0 Å². The number of rotatable bonds is 3. The van der Waals surface area contributed by atoms with Gasteiger partial charge in [0.2, 0.25) is 0 Å². The molecule has 8 heteroatoms. The molecule has 1 saturated carbocycles. The monoisotopic (exact) mass is 331 g/mol. The number of amides is 1. The van der Waals surface area contributed by atoms with Crippen LogP contribution >= 0.6 is 0 Å². The van der Waals surface area contributed by atoms with Gasteiger partial charge in [0.05, 0.1) is 17.2 Å². The maximum absolute atomic E-state index is 13.0. The molecular formula is C15H20F3N3O2. The van der Waals surface area contributed by atoms with Gasteiger partial charge in [-0.2, -0.15) is 18.3 Å². The van der Waals surface area contributed by atoms with Crippen LogP contribution in [0.3, 0.4) is 0 Å². The van der Waals surface area contributed by atoms with Gasteiger partial charge in [0, 0.05) is 18.8 Å². The van der Waals surface area contributed by atoms with Crippen LogP contribution in [0.1, 0.15) is 47.4 Å². The zero-order valence-electron chi connectivity index (χ0n) is 13.3. The minimum absolute atomic E-state index is 0.0203. The summed E-state index contributed by atoms with van der Waals surface area (Å²) in [7, 11) is 1.64. The Bertz CT molecular complexity index is 622. The third kappa shape index (κ3) is 3.56. The third-order valence-electron chi connectivity index (χ3n) is 4.45. The Labute approximate surface area is 132 Å². The van der Waals surface area contributed by atoms with E-state index in [1.54, 1.807) is 20.9 Å². The van der Waals surface area contributed by atoms with E-state index in [-0.39, 0.29) is 18.4 Å². The van der Waals surface area contributed by atoms with Crippen LogP contribution < -0.4 is 5.32 Å². The van der Waals surface area contributed by atoms with Crippen LogP contribution in [0.5, 0.6) is 0 Å². The maximum Gasteiger partial charge on any atom is 0.393 e. The van der Waals surface area contributed by atoms with E-state index in [0.717, 1.165) is 0 Å². The number of hydrogen-bond donors (Lipinski definition) is 1. The minimum atomic E-state index is -4.37. The van der Waals surface area contributed by atoms with E-state index >= 15 is 0 Å². The van der Waals surface area contributed by atoms with Gasteiger partial charge in [-0.25, -0.2) is 0 Å². The fourth-order valence-electron chi connectivity index (χ4n) is 3.15. The summed E-state index contributed by atoms with van der Waals surface area (Å²) in [4.78, 5) is 24.4. The highest BCUT2D eigenvalue weighted by molar-refractivity contribution is 6.43. The molecule has 1 N–H and O–H groups in total. The predicted octanol–water partition coefficient (Wildman–Crippen LogP) is 2.46. The van der Waals surface area contributed by atoms with Crippen LogP contribution in [-0.2, 0) is 11.8 Å². The second kappa shape index (κ2) is 6.33. The molecule has 2 atom stereocenters. The molecule has 2 rings (SSSR count). The Morgan fingerprint density at radius 3 is 2.35 bits per heavy atom. The average molecular weight is 331 g/mol. The second-order valence-corrected chi connectivity index (χ2v) is 6.01. The number of carbonyl (C=O) groups is 2. The van der Waals surface area contributed by atoms with Crippen molar-refractivity contribution in [2.24, 2.45) is 13.0 Å². The Balaban J connectivity index is 2.15. The van der Waals surface area contributed by atoms with Gasteiger partial charge in [-0.3, -0.25) is 14.3 Å². The molecule has 23 heavy (non-hydrogen) atoms. The van der Waals surface area contributed by atoms with E-state index in [0.29, 0.717) is 24.2 Å². The summed E-state index contributed by atoms with van der Waals surface area (Å²) in [6.45, 7) is 3.23. The molecule has 0 spiro atoms. The molecule has 0 radical (unpaired) electrons. The number of alkyl halides is 3.